The molecule has 0 radical (unpaired) electrons. The topological polar surface area (TPSA) is 68.3 Å². The lowest BCUT2D eigenvalue weighted by Gasteiger charge is -2.26. The molecule has 0 spiro atoms. The highest BCUT2D eigenvalue weighted by Crippen LogP contribution is 2.47. The molecule has 1 amide bonds. The minimum Gasteiger partial charge on any atom is -0.469 e. The molecule has 1 aromatic rings. The Morgan fingerprint density at radius 1 is 1.44 bits per heavy atom. The van der Waals surface area contributed by atoms with Crippen molar-refractivity contribution in [1.82, 2.24) is 5.32 Å². The summed E-state index contributed by atoms with van der Waals surface area (Å²) in [6.45, 7) is 0.632. The van der Waals surface area contributed by atoms with Gasteiger partial charge in [-0.2, -0.15) is 0 Å². The van der Waals surface area contributed by atoms with Crippen molar-refractivity contribution in [3.05, 3.63) is 24.2 Å². The molecule has 1 heterocycles. The van der Waals surface area contributed by atoms with Gasteiger partial charge >= 0.3 is 0 Å². The summed E-state index contributed by atoms with van der Waals surface area (Å²) in [6, 6.07) is 3.87. The predicted octanol–water partition coefficient (Wildman–Crippen LogP) is 1.31. The summed E-state index contributed by atoms with van der Waals surface area (Å²) in [5, 5.41) is 3.00. The minimum absolute atomic E-state index is 0.0420. The third-order valence-electron chi connectivity index (χ3n) is 4.53. The zero-order valence-electron chi connectivity index (χ0n) is 10.5. The lowest BCUT2D eigenvalue weighted by molar-refractivity contribution is -0.127. The molecule has 4 nitrogen and oxygen atoms in total. The molecule has 18 heavy (non-hydrogen) atoms. The third-order valence-corrected chi connectivity index (χ3v) is 4.53. The van der Waals surface area contributed by atoms with Gasteiger partial charge in [-0.15, -0.1) is 0 Å². The van der Waals surface area contributed by atoms with Crippen molar-refractivity contribution in [1.29, 1.82) is 0 Å². The molecule has 1 aromatic heterocycles. The fourth-order valence-corrected chi connectivity index (χ4v) is 3.61. The molecular weight excluding hydrogens is 228 g/mol. The molecule has 4 atom stereocenters. The second-order valence-electron chi connectivity index (χ2n) is 5.56. The number of furan rings is 1. The average molecular weight is 248 g/mol. The van der Waals surface area contributed by atoms with Crippen LogP contribution in [0.25, 0.3) is 0 Å². The molecule has 0 saturated heterocycles. The van der Waals surface area contributed by atoms with Crippen LogP contribution in [0.1, 0.15) is 25.0 Å². The van der Waals surface area contributed by atoms with E-state index in [0.29, 0.717) is 18.4 Å². The van der Waals surface area contributed by atoms with Crippen LogP contribution in [-0.4, -0.2) is 18.5 Å². The summed E-state index contributed by atoms with van der Waals surface area (Å²) >= 11 is 0. The van der Waals surface area contributed by atoms with Crippen LogP contribution in [0.4, 0.5) is 0 Å². The Morgan fingerprint density at radius 3 is 2.94 bits per heavy atom. The van der Waals surface area contributed by atoms with Gasteiger partial charge in [0.25, 0.3) is 0 Å². The number of amides is 1. The maximum absolute atomic E-state index is 12.2. The average Bonchev–Trinajstić information content (AvgIpc) is 3.03. The maximum atomic E-state index is 12.2. The van der Waals surface area contributed by atoms with Crippen LogP contribution < -0.4 is 11.1 Å². The number of hydrogen-bond acceptors (Lipinski definition) is 3. The third kappa shape index (κ3) is 2.05. The summed E-state index contributed by atoms with van der Waals surface area (Å²) in [6.07, 6.45) is 5.94. The Balaban J connectivity index is 1.50. The van der Waals surface area contributed by atoms with Crippen LogP contribution in [0, 0.1) is 17.8 Å². The summed E-state index contributed by atoms with van der Waals surface area (Å²) < 4.78 is 5.24. The van der Waals surface area contributed by atoms with Crippen molar-refractivity contribution in [2.24, 2.45) is 23.5 Å². The van der Waals surface area contributed by atoms with Gasteiger partial charge in [0.2, 0.25) is 5.91 Å². The van der Waals surface area contributed by atoms with E-state index in [9.17, 15) is 4.79 Å². The predicted molar refractivity (Wildman–Crippen MR) is 67.7 cm³/mol. The van der Waals surface area contributed by atoms with Gasteiger partial charge in [-0.05, 0) is 43.2 Å². The summed E-state index contributed by atoms with van der Waals surface area (Å²) in [4.78, 5) is 12.2. The number of carbonyl (C=O) groups is 1. The molecule has 4 unspecified atom stereocenters. The van der Waals surface area contributed by atoms with Gasteiger partial charge in [-0.25, -0.2) is 0 Å². The van der Waals surface area contributed by atoms with E-state index in [1.165, 1.54) is 12.8 Å². The van der Waals surface area contributed by atoms with Gasteiger partial charge in [0.05, 0.1) is 12.2 Å². The van der Waals surface area contributed by atoms with E-state index in [1.807, 2.05) is 12.1 Å². The fraction of sp³-hybridized carbons (Fsp3) is 0.643. The lowest BCUT2D eigenvalue weighted by atomic mass is 9.84. The largest absolute Gasteiger partial charge is 0.469 e. The van der Waals surface area contributed by atoms with E-state index in [-0.39, 0.29) is 17.9 Å². The van der Waals surface area contributed by atoms with Gasteiger partial charge in [0, 0.05) is 19.0 Å². The van der Waals surface area contributed by atoms with Crippen molar-refractivity contribution < 1.29 is 9.21 Å². The first-order valence-electron chi connectivity index (χ1n) is 6.81. The van der Waals surface area contributed by atoms with Crippen LogP contribution >= 0.6 is 0 Å². The molecule has 0 aromatic carbocycles. The second-order valence-corrected chi connectivity index (χ2v) is 5.56. The molecular formula is C14H20N2O2. The smallest absolute Gasteiger partial charge is 0.224 e. The van der Waals surface area contributed by atoms with Gasteiger partial charge in [0.15, 0.2) is 0 Å². The minimum atomic E-state index is 0.0420. The molecule has 2 aliphatic rings. The molecule has 4 heteroatoms. The second kappa shape index (κ2) is 4.76. The van der Waals surface area contributed by atoms with E-state index in [1.54, 1.807) is 6.26 Å². The molecule has 2 aliphatic carbocycles. The Morgan fingerprint density at radius 2 is 2.28 bits per heavy atom. The van der Waals surface area contributed by atoms with Crippen LogP contribution in [0.5, 0.6) is 0 Å². The van der Waals surface area contributed by atoms with Gasteiger partial charge in [-0.1, -0.05) is 0 Å². The SMILES string of the molecule is NC1C2CCC(C2)C1C(=O)NCCc1ccco1. The molecule has 3 rings (SSSR count). The van der Waals surface area contributed by atoms with Gasteiger partial charge in [0.1, 0.15) is 5.76 Å². The lowest BCUT2D eigenvalue weighted by Crippen LogP contribution is -2.45. The standard InChI is InChI=1S/C14H20N2O2/c15-13-10-4-3-9(8-10)12(13)14(17)16-6-5-11-2-1-7-18-11/h1-2,7,9-10,12-13H,3-6,8,15H2,(H,16,17). The Labute approximate surface area is 107 Å². The van der Waals surface area contributed by atoms with E-state index in [0.717, 1.165) is 18.6 Å². The first kappa shape index (κ1) is 11.8. The van der Waals surface area contributed by atoms with Crippen molar-refractivity contribution >= 4 is 5.91 Å². The van der Waals surface area contributed by atoms with E-state index < -0.39 is 0 Å². The molecule has 2 bridgehead atoms. The summed E-state index contributed by atoms with van der Waals surface area (Å²) in [7, 11) is 0. The van der Waals surface area contributed by atoms with E-state index >= 15 is 0 Å². The molecule has 3 N–H and O–H groups in total. The van der Waals surface area contributed by atoms with E-state index in [4.69, 9.17) is 10.2 Å². The van der Waals surface area contributed by atoms with Crippen molar-refractivity contribution in [3.8, 4) is 0 Å². The van der Waals surface area contributed by atoms with Crippen molar-refractivity contribution in [2.45, 2.75) is 31.7 Å². The molecule has 2 saturated carbocycles. The summed E-state index contributed by atoms with van der Waals surface area (Å²) in [5.74, 6) is 2.19. The van der Waals surface area contributed by atoms with Gasteiger partial charge in [-0.3, -0.25) is 4.79 Å². The molecule has 98 valence electrons. The number of carbonyl (C=O) groups excluding carboxylic acids is 1. The van der Waals surface area contributed by atoms with Crippen LogP contribution in [-0.2, 0) is 11.2 Å². The Bertz CT molecular complexity index is 413. The Hall–Kier alpha value is -1.29. The normalized spacial score (nSPS) is 33.8. The van der Waals surface area contributed by atoms with Crippen LogP contribution in [0.2, 0.25) is 0 Å². The van der Waals surface area contributed by atoms with Gasteiger partial charge < -0.3 is 15.5 Å². The van der Waals surface area contributed by atoms with E-state index in [2.05, 4.69) is 5.32 Å². The first-order chi connectivity index (χ1) is 8.75. The van der Waals surface area contributed by atoms with Crippen molar-refractivity contribution in [2.75, 3.05) is 6.54 Å². The number of hydrogen-bond donors (Lipinski definition) is 2. The zero-order valence-corrected chi connectivity index (χ0v) is 10.5. The highest BCUT2D eigenvalue weighted by Gasteiger charge is 2.48. The molecule has 0 aliphatic heterocycles. The first-order valence-corrected chi connectivity index (χ1v) is 6.81. The highest BCUT2D eigenvalue weighted by atomic mass is 16.3. The van der Waals surface area contributed by atoms with Crippen molar-refractivity contribution in [3.63, 3.8) is 0 Å². The quantitative estimate of drug-likeness (QED) is 0.844. The number of fused-ring (bicyclic) bond motifs is 2. The monoisotopic (exact) mass is 248 g/mol. The van der Waals surface area contributed by atoms with Crippen LogP contribution in [0.15, 0.2) is 22.8 Å². The number of rotatable bonds is 4. The maximum Gasteiger partial charge on any atom is 0.224 e. The zero-order chi connectivity index (χ0) is 12.5. The summed E-state index contributed by atoms with van der Waals surface area (Å²) in [5.41, 5.74) is 6.15. The molecule has 2 fully saturated rings. The Kier molecular flexibility index (Phi) is 3.12. The highest BCUT2D eigenvalue weighted by molar-refractivity contribution is 5.80. The number of nitrogens with one attached hydrogen (secondary N) is 1. The fourth-order valence-electron chi connectivity index (χ4n) is 3.61. The van der Waals surface area contributed by atoms with Crippen LogP contribution in [0.3, 0.4) is 0 Å². The number of nitrogens with two attached hydrogens (primary N) is 1.